The quantitative estimate of drug-likeness (QED) is 0.847. The standard InChI is InChI=1S/C13H12F2N4S/c14-10-2-1-3-11(15)9(10)4-5-18-13(20)19-12-8-16-6-7-17-12/h1-3,6-8H,4-5H2,(H2,17,18,19,20). The number of nitrogens with zero attached hydrogens (tertiary/aromatic N) is 2. The molecule has 0 fully saturated rings. The molecule has 104 valence electrons. The Morgan fingerprint density at radius 1 is 1.20 bits per heavy atom. The Balaban J connectivity index is 1.83. The number of rotatable bonds is 4. The van der Waals surface area contributed by atoms with Gasteiger partial charge in [0.25, 0.3) is 0 Å². The van der Waals surface area contributed by atoms with Gasteiger partial charge in [-0.05, 0) is 30.8 Å². The number of thiocarbonyl (C=S) groups is 1. The van der Waals surface area contributed by atoms with E-state index in [-0.39, 0.29) is 12.0 Å². The van der Waals surface area contributed by atoms with Gasteiger partial charge in [0.15, 0.2) is 10.9 Å². The molecule has 0 aliphatic carbocycles. The minimum absolute atomic E-state index is 0.0438. The van der Waals surface area contributed by atoms with Gasteiger partial charge in [0.05, 0.1) is 6.20 Å². The summed E-state index contributed by atoms with van der Waals surface area (Å²) in [4.78, 5) is 7.87. The first-order valence-corrected chi connectivity index (χ1v) is 6.31. The maximum absolute atomic E-state index is 13.4. The lowest BCUT2D eigenvalue weighted by atomic mass is 10.1. The Labute approximate surface area is 120 Å². The van der Waals surface area contributed by atoms with Crippen molar-refractivity contribution in [1.29, 1.82) is 0 Å². The van der Waals surface area contributed by atoms with Crippen LogP contribution in [0.5, 0.6) is 0 Å². The smallest absolute Gasteiger partial charge is 0.171 e. The van der Waals surface area contributed by atoms with Crippen LogP contribution in [-0.2, 0) is 6.42 Å². The molecule has 2 N–H and O–H groups in total. The van der Waals surface area contributed by atoms with Crippen molar-refractivity contribution in [1.82, 2.24) is 15.3 Å². The van der Waals surface area contributed by atoms with Gasteiger partial charge >= 0.3 is 0 Å². The molecule has 0 radical (unpaired) electrons. The third-order valence-electron chi connectivity index (χ3n) is 2.53. The molecule has 1 aromatic heterocycles. The van der Waals surface area contributed by atoms with Gasteiger partial charge in [-0.3, -0.25) is 4.98 Å². The summed E-state index contributed by atoms with van der Waals surface area (Å²) >= 11 is 5.04. The van der Waals surface area contributed by atoms with E-state index in [1.54, 1.807) is 6.20 Å². The first-order chi connectivity index (χ1) is 9.66. The molecular weight excluding hydrogens is 282 g/mol. The molecular formula is C13H12F2N4S. The molecule has 0 unspecified atom stereocenters. The Morgan fingerprint density at radius 2 is 1.95 bits per heavy atom. The van der Waals surface area contributed by atoms with Gasteiger partial charge in [0.2, 0.25) is 0 Å². The fraction of sp³-hybridized carbons (Fsp3) is 0.154. The average molecular weight is 294 g/mol. The molecule has 7 heteroatoms. The Kier molecular flexibility index (Phi) is 4.89. The summed E-state index contributed by atoms with van der Waals surface area (Å²) in [6, 6.07) is 3.80. The number of aromatic nitrogens is 2. The highest BCUT2D eigenvalue weighted by atomic mass is 32.1. The summed E-state index contributed by atoms with van der Waals surface area (Å²) in [5.74, 6) is -0.610. The Morgan fingerprint density at radius 3 is 2.60 bits per heavy atom. The van der Waals surface area contributed by atoms with Crippen molar-refractivity contribution in [3.05, 3.63) is 54.0 Å². The number of anilines is 1. The van der Waals surface area contributed by atoms with Crippen molar-refractivity contribution in [3.63, 3.8) is 0 Å². The first kappa shape index (κ1) is 14.3. The normalized spacial score (nSPS) is 10.1. The summed E-state index contributed by atoms with van der Waals surface area (Å²) in [5.41, 5.74) is 0.0438. The van der Waals surface area contributed by atoms with E-state index in [2.05, 4.69) is 20.6 Å². The van der Waals surface area contributed by atoms with Gasteiger partial charge in [-0.1, -0.05) is 6.07 Å². The van der Waals surface area contributed by atoms with E-state index in [4.69, 9.17) is 12.2 Å². The van der Waals surface area contributed by atoms with Gasteiger partial charge in [-0.2, -0.15) is 0 Å². The van der Waals surface area contributed by atoms with Crippen LogP contribution in [0.15, 0.2) is 36.8 Å². The molecule has 0 saturated heterocycles. The number of nitrogens with one attached hydrogen (secondary N) is 2. The SMILES string of the molecule is Fc1cccc(F)c1CCNC(=S)Nc1cnccn1. The zero-order chi connectivity index (χ0) is 14.4. The molecule has 1 heterocycles. The van der Waals surface area contributed by atoms with E-state index in [1.165, 1.54) is 30.6 Å². The third kappa shape index (κ3) is 3.92. The lowest BCUT2D eigenvalue weighted by Crippen LogP contribution is -2.30. The lowest BCUT2D eigenvalue weighted by molar-refractivity contribution is 0.553. The van der Waals surface area contributed by atoms with E-state index in [0.29, 0.717) is 17.5 Å². The van der Waals surface area contributed by atoms with Gasteiger partial charge < -0.3 is 10.6 Å². The highest BCUT2D eigenvalue weighted by Crippen LogP contribution is 2.12. The molecule has 2 rings (SSSR count). The fourth-order valence-corrected chi connectivity index (χ4v) is 1.80. The number of benzene rings is 1. The van der Waals surface area contributed by atoms with Crippen molar-refractivity contribution >= 4 is 23.1 Å². The highest BCUT2D eigenvalue weighted by molar-refractivity contribution is 7.80. The summed E-state index contributed by atoms with van der Waals surface area (Å²) < 4.78 is 26.8. The molecule has 20 heavy (non-hydrogen) atoms. The average Bonchev–Trinajstić information content (AvgIpc) is 2.43. The molecule has 0 aliphatic rings. The van der Waals surface area contributed by atoms with Crippen LogP contribution in [0.4, 0.5) is 14.6 Å². The number of halogens is 2. The Hall–Kier alpha value is -2.15. The molecule has 2 aromatic rings. The number of hydrogen-bond acceptors (Lipinski definition) is 3. The first-order valence-electron chi connectivity index (χ1n) is 5.90. The second kappa shape index (κ2) is 6.85. The van der Waals surface area contributed by atoms with Crippen molar-refractivity contribution in [2.45, 2.75) is 6.42 Å². The van der Waals surface area contributed by atoms with E-state index >= 15 is 0 Å². The maximum atomic E-state index is 13.4. The van der Waals surface area contributed by atoms with Crippen LogP contribution in [0.25, 0.3) is 0 Å². The molecule has 0 amide bonds. The van der Waals surface area contributed by atoms with E-state index < -0.39 is 11.6 Å². The van der Waals surface area contributed by atoms with Crippen molar-refractivity contribution < 1.29 is 8.78 Å². The largest absolute Gasteiger partial charge is 0.362 e. The third-order valence-corrected chi connectivity index (χ3v) is 2.77. The molecule has 0 spiro atoms. The van der Waals surface area contributed by atoms with E-state index in [1.807, 2.05) is 0 Å². The van der Waals surface area contributed by atoms with Crippen LogP contribution in [0, 0.1) is 11.6 Å². The van der Waals surface area contributed by atoms with Crippen LogP contribution < -0.4 is 10.6 Å². The molecule has 0 aliphatic heterocycles. The van der Waals surface area contributed by atoms with Crippen molar-refractivity contribution in [3.8, 4) is 0 Å². The van der Waals surface area contributed by atoms with Crippen molar-refractivity contribution in [2.75, 3.05) is 11.9 Å². The molecule has 0 bridgehead atoms. The van der Waals surface area contributed by atoms with Crippen LogP contribution in [0.1, 0.15) is 5.56 Å². The molecule has 1 aromatic carbocycles. The summed E-state index contributed by atoms with van der Waals surface area (Å²) in [6.07, 6.45) is 4.79. The predicted molar refractivity (Wildman–Crippen MR) is 76.3 cm³/mol. The lowest BCUT2D eigenvalue weighted by Gasteiger charge is -2.10. The van der Waals surface area contributed by atoms with Gasteiger partial charge in [-0.25, -0.2) is 13.8 Å². The molecule has 0 saturated carbocycles. The van der Waals surface area contributed by atoms with Gasteiger partial charge in [0.1, 0.15) is 11.6 Å². The molecule has 4 nitrogen and oxygen atoms in total. The zero-order valence-electron chi connectivity index (χ0n) is 10.4. The summed E-state index contributed by atoms with van der Waals surface area (Å²) in [5, 5.41) is 5.99. The van der Waals surface area contributed by atoms with Crippen LogP contribution in [0.2, 0.25) is 0 Å². The summed E-state index contributed by atoms with van der Waals surface area (Å²) in [7, 11) is 0. The second-order valence-corrected chi connectivity index (χ2v) is 4.33. The minimum Gasteiger partial charge on any atom is -0.362 e. The van der Waals surface area contributed by atoms with Gasteiger partial charge in [-0.15, -0.1) is 0 Å². The highest BCUT2D eigenvalue weighted by Gasteiger charge is 2.08. The monoisotopic (exact) mass is 294 g/mol. The Bertz CT molecular complexity index is 572. The summed E-state index contributed by atoms with van der Waals surface area (Å²) in [6.45, 7) is 0.309. The number of hydrogen-bond donors (Lipinski definition) is 2. The van der Waals surface area contributed by atoms with Gasteiger partial charge in [0, 0.05) is 24.5 Å². The fourth-order valence-electron chi connectivity index (χ4n) is 1.60. The van der Waals surface area contributed by atoms with Crippen LogP contribution >= 0.6 is 12.2 Å². The van der Waals surface area contributed by atoms with E-state index in [9.17, 15) is 8.78 Å². The van der Waals surface area contributed by atoms with Crippen LogP contribution in [0.3, 0.4) is 0 Å². The second-order valence-electron chi connectivity index (χ2n) is 3.92. The maximum Gasteiger partial charge on any atom is 0.171 e. The predicted octanol–water partition coefficient (Wildman–Crippen LogP) is 2.28. The van der Waals surface area contributed by atoms with Crippen molar-refractivity contribution in [2.24, 2.45) is 0 Å². The van der Waals surface area contributed by atoms with Crippen LogP contribution in [-0.4, -0.2) is 21.6 Å². The minimum atomic E-state index is -0.556. The zero-order valence-corrected chi connectivity index (χ0v) is 11.3. The topological polar surface area (TPSA) is 49.8 Å². The van der Waals surface area contributed by atoms with E-state index in [0.717, 1.165) is 0 Å². The molecule has 0 atom stereocenters.